The highest BCUT2D eigenvalue weighted by Crippen LogP contribution is 2.11. The van der Waals surface area contributed by atoms with Crippen LogP contribution >= 0.6 is 11.3 Å². The highest BCUT2D eigenvalue weighted by atomic mass is 32.1. The Hall–Kier alpha value is -0.570. The molecule has 0 spiro atoms. The molecular weight excluding hydrogens is 110 g/mol. The van der Waals surface area contributed by atoms with Gasteiger partial charge >= 0.3 is 0 Å². The highest BCUT2D eigenvalue weighted by Gasteiger charge is 1.85. The smallest absolute Gasteiger partial charge is 0.272 e. The number of methoxy groups -OCH3 is 1. The molecule has 1 heterocycles. The number of hydrogen-bond donors (Lipinski definition) is 0. The Morgan fingerprint density at radius 1 is 1.86 bits per heavy atom. The quantitative estimate of drug-likeness (QED) is 0.547. The van der Waals surface area contributed by atoms with Crippen LogP contribution < -0.4 is 4.74 Å². The molecule has 0 aliphatic heterocycles. The van der Waals surface area contributed by atoms with E-state index in [1.54, 1.807) is 13.3 Å². The Morgan fingerprint density at radius 2 is 2.71 bits per heavy atom. The van der Waals surface area contributed by atoms with Crippen molar-refractivity contribution in [1.29, 1.82) is 0 Å². The third-order valence-electron chi connectivity index (χ3n) is 0.584. The first-order chi connectivity index (χ1) is 3.43. The molecule has 7 heavy (non-hydrogen) atoms. The summed E-state index contributed by atoms with van der Waals surface area (Å²) >= 11 is 1.49. The topological polar surface area (TPSA) is 22.1 Å². The van der Waals surface area contributed by atoms with E-state index in [4.69, 9.17) is 4.74 Å². The zero-order chi connectivity index (χ0) is 5.11. The number of rotatable bonds is 1. The molecule has 0 bridgehead atoms. The van der Waals surface area contributed by atoms with Crippen LogP contribution in [0.2, 0.25) is 0 Å². The van der Waals surface area contributed by atoms with Crippen molar-refractivity contribution in [2.45, 2.75) is 0 Å². The highest BCUT2D eigenvalue weighted by molar-refractivity contribution is 7.11. The van der Waals surface area contributed by atoms with Crippen molar-refractivity contribution >= 4 is 11.3 Å². The van der Waals surface area contributed by atoms with Crippen molar-refractivity contribution in [3.8, 4) is 5.19 Å². The summed E-state index contributed by atoms with van der Waals surface area (Å²) in [5, 5.41) is 2.60. The average Bonchev–Trinajstić information content (AvgIpc) is 2.14. The lowest BCUT2D eigenvalue weighted by Gasteiger charge is -1.84. The Balaban J connectivity index is 2.76. The number of aromatic nitrogens is 1. The van der Waals surface area contributed by atoms with Gasteiger partial charge in [-0.25, -0.2) is 4.98 Å². The van der Waals surface area contributed by atoms with Crippen LogP contribution in [-0.4, -0.2) is 12.1 Å². The van der Waals surface area contributed by atoms with E-state index < -0.39 is 0 Å². The Morgan fingerprint density at radius 3 is 3.00 bits per heavy atom. The van der Waals surface area contributed by atoms with Crippen LogP contribution in [0.15, 0.2) is 11.6 Å². The summed E-state index contributed by atoms with van der Waals surface area (Å²) in [6.07, 6.45) is 1.71. The van der Waals surface area contributed by atoms with Gasteiger partial charge in [-0.15, -0.1) is 0 Å². The van der Waals surface area contributed by atoms with E-state index >= 15 is 0 Å². The predicted molar refractivity (Wildman–Crippen MR) is 28.7 cm³/mol. The normalized spacial score (nSPS) is 8.71. The van der Waals surface area contributed by atoms with Crippen molar-refractivity contribution in [1.82, 2.24) is 4.98 Å². The maximum atomic E-state index is 4.76. The zero-order valence-electron chi connectivity index (χ0n) is 3.92. The third kappa shape index (κ3) is 0.899. The second-order valence-electron chi connectivity index (χ2n) is 1.00. The summed E-state index contributed by atoms with van der Waals surface area (Å²) in [7, 11) is 1.61. The molecule has 1 rings (SSSR count). The average molecular weight is 115 g/mol. The first kappa shape index (κ1) is 4.59. The first-order valence-electron chi connectivity index (χ1n) is 1.87. The van der Waals surface area contributed by atoms with Crippen LogP contribution in [0.5, 0.6) is 5.19 Å². The second kappa shape index (κ2) is 1.93. The monoisotopic (exact) mass is 115 g/mol. The fourth-order valence-corrected chi connectivity index (χ4v) is 0.767. The van der Waals surface area contributed by atoms with Crippen LogP contribution in [-0.2, 0) is 0 Å². The molecule has 0 N–H and O–H groups in total. The van der Waals surface area contributed by atoms with Gasteiger partial charge in [-0.1, -0.05) is 11.3 Å². The molecule has 0 aliphatic carbocycles. The van der Waals surface area contributed by atoms with E-state index in [2.05, 4.69) is 4.98 Å². The molecule has 0 saturated heterocycles. The second-order valence-corrected chi connectivity index (χ2v) is 1.86. The summed E-state index contributed by atoms with van der Waals surface area (Å²) in [5.41, 5.74) is 0. The van der Waals surface area contributed by atoms with Gasteiger partial charge in [-0.2, -0.15) is 0 Å². The molecule has 0 saturated carbocycles. The fourth-order valence-electron chi connectivity index (χ4n) is 0.311. The third-order valence-corrected chi connectivity index (χ3v) is 1.32. The maximum absolute atomic E-state index is 4.76. The zero-order valence-corrected chi connectivity index (χ0v) is 4.73. The molecule has 0 aromatic carbocycles. The van der Waals surface area contributed by atoms with Crippen molar-refractivity contribution in [2.75, 3.05) is 7.11 Å². The van der Waals surface area contributed by atoms with Gasteiger partial charge in [0, 0.05) is 11.6 Å². The number of nitrogens with zero attached hydrogens (tertiary/aromatic N) is 1. The largest absolute Gasteiger partial charge is 0.473 e. The predicted octanol–water partition coefficient (Wildman–Crippen LogP) is 1.15. The van der Waals surface area contributed by atoms with E-state index in [1.807, 2.05) is 5.38 Å². The molecule has 0 unspecified atom stereocenters. The molecule has 38 valence electrons. The van der Waals surface area contributed by atoms with E-state index in [0.717, 1.165) is 5.19 Å². The summed E-state index contributed by atoms with van der Waals surface area (Å²) in [4.78, 5) is 3.83. The van der Waals surface area contributed by atoms with Crippen molar-refractivity contribution in [3.05, 3.63) is 11.6 Å². The molecule has 1 aromatic rings. The molecule has 0 aliphatic rings. The lowest BCUT2D eigenvalue weighted by atomic mass is 11.0. The number of hydrogen-bond acceptors (Lipinski definition) is 3. The lowest BCUT2D eigenvalue weighted by molar-refractivity contribution is 0.412. The molecule has 3 heteroatoms. The van der Waals surface area contributed by atoms with E-state index in [1.165, 1.54) is 11.3 Å². The van der Waals surface area contributed by atoms with E-state index in [-0.39, 0.29) is 0 Å². The van der Waals surface area contributed by atoms with E-state index in [9.17, 15) is 0 Å². The Kier molecular flexibility index (Phi) is 1.26. The van der Waals surface area contributed by atoms with Crippen LogP contribution in [0.25, 0.3) is 0 Å². The summed E-state index contributed by atoms with van der Waals surface area (Å²) in [6.45, 7) is 0. The molecule has 0 atom stereocenters. The van der Waals surface area contributed by atoms with Crippen LogP contribution in [0.3, 0.4) is 0 Å². The van der Waals surface area contributed by atoms with Gasteiger partial charge in [0.05, 0.1) is 7.11 Å². The minimum absolute atomic E-state index is 0.722. The Bertz CT molecular complexity index is 126. The van der Waals surface area contributed by atoms with Crippen LogP contribution in [0.4, 0.5) is 0 Å². The molecular formula is C4H5NOS. The lowest BCUT2D eigenvalue weighted by Crippen LogP contribution is -1.76. The van der Waals surface area contributed by atoms with Gasteiger partial charge in [0.1, 0.15) is 0 Å². The number of ether oxygens (including phenoxy) is 1. The van der Waals surface area contributed by atoms with Crippen molar-refractivity contribution < 1.29 is 4.74 Å². The molecule has 0 radical (unpaired) electrons. The standard InChI is InChI=1S/C4H5NOS/c1-6-4-5-2-3-7-4/h2-3H,1H3. The van der Waals surface area contributed by atoms with Crippen molar-refractivity contribution in [2.24, 2.45) is 0 Å². The SMILES string of the molecule is COc1nccs1. The summed E-state index contributed by atoms with van der Waals surface area (Å²) in [6, 6.07) is 0. The van der Waals surface area contributed by atoms with Gasteiger partial charge in [0.15, 0.2) is 0 Å². The summed E-state index contributed by atoms with van der Waals surface area (Å²) < 4.78 is 4.76. The first-order valence-corrected chi connectivity index (χ1v) is 2.75. The Labute approximate surface area is 45.8 Å². The van der Waals surface area contributed by atoms with Gasteiger partial charge in [-0.3, -0.25) is 0 Å². The molecule has 1 aromatic heterocycles. The van der Waals surface area contributed by atoms with Gasteiger partial charge in [0.25, 0.3) is 5.19 Å². The van der Waals surface area contributed by atoms with Gasteiger partial charge in [-0.05, 0) is 0 Å². The minimum Gasteiger partial charge on any atom is -0.473 e. The molecule has 0 fully saturated rings. The summed E-state index contributed by atoms with van der Waals surface area (Å²) in [5.74, 6) is 0. The molecule has 2 nitrogen and oxygen atoms in total. The number of thiazole rings is 1. The maximum Gasteiger partial charge on any atom is 0.272 e. The minimum atomic E-state index is 0.722. The van der Waals surface area contributed by atoms with Crippen molar-refractivity contribution in [3.63, 3.8) is 0 Å². The molecule has 0 amide bonds. The fraction of sp³-hybridized carbons (Fsp3) is 0.250. The van der Waals surface area contributed by atoms with E-state index in [0.29, 0.717) is 0 Å². The van der Waals surface area contributed by atoms with Gasteiger partial charge < -0.3 is 4.74 Å². The van der Waals surface area contributed by atoms with Crippen LogP contribution in [0.1, 0.15) is 0 Å². The van der Waals surface area contributed by atoms with Gasteiger partial charge in [0.2, 0.25) is 0 Å². The van der Waals surface area contributed by atoms with Crippen LogP contribution in [0, 0.1) is 0 Å².